The summed E-state index contributed by atoms with van der Waals surface area (Å²) in [7, 11) is 1.57. The van der Waals surface area contributed by atoms with E-state index in [1.807, 2.05) is 11.0 Å². The lowest BCUT2D eigenvalue weighted by atomic mass is 10.1. The molecule has 1 saturated heterocycles. The zero-order chi connectivity index (χ0) is 19.1. The Kier molecular flexibility index (Phi) is 6.96. The van der Waals surface area contributed by atoms with Gasteiger partial charge < -0.3 is 15.0 Å². The van der Waals surface area contributed by atoms with Crippen molar-refractivity contribution in [1.29, 1.82) is 0 Å². The summed E-state index contributed by atoms with van der Waals surface area (Å²) in [5, 5.41) is 3.40. The van der Waals surface area contributed by atoms with Gasteiger partial charge in [0.2, 0.25) is 0 Å². The Balaban J connectivity index is 1.40. The fourth-order valence-corrected chi connectivity index (χ4v) is 3.53. The van der Waals surface area contributed by atoms with Gasteiger partial charge in [-0.1, -0.05) is 41.9 Å². The number of amides is 2. The summed E-state index contributed by atoms with van der Waals surface area (Å²) in [5.41, 5.74) is 2.06. The van der Waals surface area contributed by atoms with Gasteiger partial charge >= 0.3 is 6.03 Å². The summed E-state index contributed by atoms with van der Waals surface area (Å²) < 4.78 is 5.13. The largest absolute Gasteiger partial charge is 0.495 e. The molecular weight excluding hydrogens is 362 g/mol. The van der Waals surface area contributed by atoms with Gasteiger partial charge in [-0.05, 0) is 43.1 Å². The van der Waals surface area contributed by atoms with Crippen LogP contribution in [0.15, 0.2) is 48.5 Å². The van der Waals surface area contributed by atoms with Crippen molar-refractivity contribution in [3.63, 3.8) is 0 Å². The first-order chi connectivity index (χ1) is 13.2. The average molecular weight is 388 g/mol. The predicted molar refractivity (Wildman–Crippen MR) is 110 cm³/mol. The van der Waals surface area contributed by atoms with Crippen LogP contribution in [-0.2, 0) is 6.42 Å². The molecule has 2 amide bonds. The number of hydrogen-bond donors (Lipinski definition) is 1. The molecular formula is C21H26ClN3O2. The minimum Gasteiger partial charge on any atom is -0.495 e. The molecule has 144 valence electrons. The molecule has 1 N–H and O–H groups in total. The Morgan fingerprint density at radius 1 is 1.11 bits per heavy atom. The molecule has 1 fully saturated rings. The van der Waals surface area contributed by atoms with Gasteiger partial charge in [0.15, 0.2) is 0 Å². The van der Waals surface area contributed by atoms with Crippen molar-refractivity contribution in [1.82, 2.24) is 9.80 Å². The number of anilines is 1. The second-order valence-corrected chi connectivity index (χ2v) is 7.10. The Morgan fingerprint density at radius 2 is 1.85 bits per heavy atom. The molecule has 2 aromatic rings. The summed E-state index contributed by atoms with van der Waals surface area (Å²) in [6.07, 6.45) is 2.24. The van der Waals surface area contributed by atoms with Crippen molar-refractivity contribution >= 4 is 23.3 Å². The number of piperazine rings is 1. The van der Waals surface area contributed by atoms with Crippen LogP contribution in [0.1, 0.15) is 12.0 Å². The number of nitrogens with one attached hydrogen (secondary N) is 1. The molecule has 0 aliphatic carbocycles. The molecule has 1 aliphatic heterocycles. The number of carbonyl (C=O) groups excluding carboxylic acids is 1. The third-order valence-electron chi connectivity index (χ3n) is 4.85. The number of benzene rings is 2. The molecule has 0 unspecified atom stereocenters. The van der Waals surface area contributed by atoms with Crippen molar-refractivity contribution in [2.24, 2.45) is 0 Å². The standard InChI is InChI=1S/C21H26ClN3O2/c1-27-20-10-9-18(16-19(20)22)23-21(26)25-14-12-24(13-15-25)11-5-8-17-6-3-2-4-7-17/h2-4,6-7,9-10,16H,5,8,11-15H2,1H3,(H,23,26). The second kappa shape index (κ2) is 9.62. The molecule has 0 bridgehead atoms. The van der Waals surface area contributed by atoms with E-state index in [1.54, 1.807) is 25.3 Å². The van der Waals surface area contributed by atoms with Crippen LogP contribution in [0, 0.1) is 0 Å². The molecule has 0 atom stereocenters. The Labute approximate surface area is 165 Å². The highest BCUT2D eigenvalue weighted by molar-refractivity contribution is 6.32. The Morgan fingerprint density at radius 3 is 2.52 bits per heavy atom. The third kappa shape index (κ3) is 5.62. The van der Waals surface area contributed by atoms with Crippen molar-refractivity contribution in [2.45, 2.75) is 12.8 Å². The number of rotatable bonds is 6. The Hall–Kier alpha value is -2.24. The maximum atomic E-state index is 12.5. The van der Waals surface area contributed by atoms with E-state index in [1.165, 1.54) is 5.56 Å². The number of ether oxygens (including phenoxy) is 1. The molecule has 5 nitrogen and oxygen atoms in total. The number of urea groups is 1. The van der Waals surface area contributed by atoms with Gasteiger partial charge in [0, 0.05) is 31.9 Å². The van der Waals surface area contributed by atoms with Gasteiger partial charge in [0.05, 0.1) is 12.1 Å². The summed E-state index contributed by atoms with van der Waals surface area (Å²) in [4.78, 5) is 16.7. The predicted octanol–water partition coefficient (Wildman–Crippen LogP) is 4.13. The van der Waals surface area contributed by atoms with Gasteiger partial charge in [0.1, 0.15) is 5.75 Å². The minimum atomic E-state index is -0.0832. The molecule has 0 saturated carbocycles. The first-order valence-electron chi connectivity index (χ1n) is 9.31. The van der Waals surface area contributed by atoms with Gasteiger partial charge in [0.25, 0.3) is 0 Å². The van der Waals surface area contributed by atoms with E-state index < -0.39 is 0 Å². The number of aryl methyl sites for hydroxylation is 1. The maximum Gasteiger partial charge on any atom is 0.321 e. The van der Waals surface area contributed by atoms with Crippen LogP contribution < -0.4 is 10.1 Å². The fraction of sp³-hybridized carbons (Fsp3) is 0.381. The smallest absolute Gasteiger partial charge is 0.321 e. The lowest BCUT2D eigenvalue weighted by Gasteiger charge is -2.34. The van der Waals surface area contributed by atoms with Crippen LogP contribution >= 0.6 is 11.6 Å². The first-order valence-corrected chi connectivity index (χ1v) is 9.69. The number of hydrogen-bond acceptors (Lipinski definition) is 3. The van der Waals surface area contributed by atoms with E-state index in [0.29, 0.717) is 16.5 Å². The zero-order valence-electron chi connectivity index (χ0n) is 15.7. The van der Waals surface area contributed by atoms with Gasteiger partial charge in [-0.15, -0.1) is 0 Å². The normalized spacial score (nSPS) is 14.8. The van der Waals surface area contributed by atoms with Crippen LogP contribution in [0.3, 0.4) is 0 Å². The molecule has 0 spiro atoms. The lowest BCUT2D eigenvalue weighted by molar-refractivity contribution is 0.146. The SMILES string of the molecule is COc1ccc(NC(=O)N2CCN(CCCc3ccccc3)CC2)cc1Cl. The van der Waals surface area contributed by atoms with E-state index in [4.69, 9.17) is 16.3 Å². The number of methoxy groups -OCH3 is 1. The van der Waals surface area contributed by atoms with Crippen LogP contribution in [0.25, 0.3) is 0 Å². The monoisotopic (exact) mass is 387 g/mol. The van der Waals surface area contributed by atoms with Crippen molar-refractivity contribution < 1.29 is 9.53 Å². The number of nitrogens with zero attached hydrogens (tertiary/aromatic N) is 2. The van der Waals surface area contributed by atoms with E-state index in [0.717, 1.165) is 45.6 Å². The zero-order valence-corrected chi connectivity index (χ0v) is 16.4. The third-order valence-corrected chi connectivity index (χ3v) is 5.14. The topological polar surface area (TPSA) is 44.8 Å². The molecule has 0 radical (unpaired) electrons. The molecule has 27 heavy (non-hydrogen) atoms. The number of halogens is 1. The average Bonchev–Trinajstić information content (AvgIpc) is 2.69. The molecule has 2 aromatic carbocycles. The van der Waals surface area contributed by atoms with Crippen molar-refractivity contribution in [3.05, 3.63) is 59.1 Å². The maximum absolute atomic E-state index is 12.5. The van der Waals surface area contributed by atoms with Crippen LogP contribution in [0.4, 0.5) is 10.5 Å². The molecule has 3 rings (SSSR count). The Bertz CT molecular complexity index is 746. The molecule has 6 heteroatoms. The molecule has 1 aliphatic rings. The molecule has 1 heterocycles. The van der Waals surface area contributed by atoms with Crippen LogP contribution in [-0.4, -0.2) is 55.7 Å². The summed E-state index contributed by atoms with van der Waals surface area (Å²) in [6.45, 7) is 4.36. The fourth-order valence-electron chi connectivity index (χ4n) is 3.27. The van der Waals surface area contributed by atoms with Gasteiger partial charge in [-0.2, -0.15) is 0 Å². The first kappa shape index (κ1) is 19.5. The van der Waals surface area contributed by atoms with Gasteiger partial charge in [-0.25, -0.2) is 4.79 Å². The highest BCUT2D eigenvalue weighted by atomic mass is 35.5. The van der Waals surface area contributed by atoms with E-state index >= 15 is 0 Å². The summed E-state index contributed by atoms with van der Waals surface area (Å²) in [6, 6.07) is 15.7. The second-order valence-electron chi connectivity index (χ2n) is 6.70. The van der Waals surface area contributed by atoms with Crippen molar-refractivity contribution in [3.8, 4) is 5.75 Å². The van der Waals surface area contributed by atoms with Crippen molar-refractivity contribution in [2.75, 3.05) is 45.2 Å². The lowest BCUT2D eigenvalue weighted by Crippen LogP contribution is -2.50. The van der Waals surface area contributed by atoms with E-state index in [-0.39, 0.29) is 6.03 Å². The highest BCUT2D eigenvalue weighted by Gasteiger charge is 2.21. The minimum absolute atomic E-state index is 0.0832. The van der Waals surface area contributed by atoms with E-state index in [2.05, 4.69) is 34.5 Å². The quantitative estimate of drug-likeness (QED) is 0.810. The number of carbonyl (C=O) groups is 1. The summed E-state index contributed by atoms with van der Waals surface area (Å²) >= 11 is 6.11. The molecule has 0 aromatic heterocycles. The van der Waals surface area contributed by atoms with Crippen LogP contribution in [0.5, 0.6) is 5.75 Å². The summed E-state index contributed by atoms with van der Waals surface area (Å²) in [5.74, 6) is 0.596. The highest BCUT2D eigenvalue weighted by Crippen LogP contribution is 2.27. The van der Waals surface area contributed by atoms with Gasteiger partial charge in [-0.3, -0.25) is 4.90 Å². The van der Waals surface area contributed by atoms with Crippen LogP contribution in [0.2, 0.25) is 5.02 Å². The van der Waals surface area contributed by atoms with E-state index in [9.17, 15) is 4.79 Å².